The summed E-state index contributed by atoms with van der Waals surface area (Å²) < 4.78 is 12.5. The van der Waals surface area contributed by atoms with Crippen molar-refractivity contribution >= 4 is 46.2 Å². The molecule has 0 saturated carbocycles. The quantitative estimate of drug-likeness (QED) is 0.364. The van der Waals surface area contributed by atoms with Gasteiger partial charge in [0.25, 0.3) is 0 Å². The molecule has 0 N–H and O–H groups in total. The van der Waals surface area contributed by atoms with Crippen LogP contribution in [0.15, 0.2) is 48.7 Å². The Bertz CT molecular complexity index is 1020. The second kappa shape index (κ2) is 9.28. The van der Waals surface area contributed by atoms with Crippen molar-refractivity contribution in [3.8, 4) is 0 Å². The van der Waals surface area contributed by atoms with Crippen molar-refractivity contribution in [1.82, 2.24) is 4.57 Å². The monoisotopic (exact) mass is 417 g/mol. The average Bonchev–Trinajstić information content (AvgIpc) is 3.01. The molecule has 0 atom stereocenters. The minimum Gasteiger partial charge on any atom is -0.463 e. The summed E-state index contributed by atoms with van der Waals surface area (Å²) in [7, 11) is 1.67. The predicted octanol–water partition coefficient (Wildman–Crippen LogP) is 5.72. The van der Waals surface area contributed by atoms with Crippen molar-refractivity contribution in [3.05, 3.63) is 75.4 Å². The van der Waals surface area contributed by atoms with Crippen LogP contribution in [0.25, 0.3) is 17.0 Å². The number of methoxy groups -OCH3 is 1. The highest BCUT2D eigenvalue weighted by Crippen LogP contribution is 2.29. The Morgan fingerprint density at radius 3 is 2.71 bits per heavy atom. The Kier molecular flexibility index (Phi) is 6.79. The van der Waals surface area contributed by atoms with Gasteiger partial charge in [-0.05, 0) is 36.3 Å². The fourth-order valence-electron chi connectivity index (χ4n) is 3.17. The molecule has 0 bridgehead atoms. The molecule has 28 heavy (non-hydrogen) atoms. The topological polar surface area (TPSA) is 40.5 Å². The lowest BCUT2D eigenvalue weighted by atomic mass is 10.1. The van der Waals surface area contributed by atoms with Crippen molar-refractivity contribution in [2.24, 2.45) is 0 Å². The number of benzene rings is 2. The number of carbonyl (C=O) groups is 1. The molecule has 0 aliphatic rings. The lowest BCUT2D eigenvalue weighted by Crippen LogP contribution is -2.01. The number of esters is 1. The molecule has 0 aliphatic carbocycles. The van der Waals surface area contributed by atoms with Gasteiger partial charge in [0.05, 0.1) is 18.7 Å². The molecule has 0 radical (unpaired) electrons. The van der Waals surface area contributed by atoms with Crippen LogP contribution in [0.2, 0.25) is 10.0 Å². The van der Waals surface area contributed by atoms with Gasteiger partial charge in [-0.1, -0.05) is 47.5 Å². The predicted molar refractivity (Wildman–Crippen MR) is 114 cm³/mol. The number of carbonyl (C=O) groups excluding carboxylic acids is 1. The van der Waals surface area contributed by atoms with Crippen molar-refractivity contribution in [2.75, 3.05) is 13.7 Å². The molecule has 3 aromatic rings. The summed E-state index contributed by atoms with van der Waals surface area (Å²) in [5.41, 5.74) is 3.93. The molecule has 4 nitrogen and oxygen atoms in total. The van der Waals surface area contributed by atoms with E-state index in [0.29, 0.717) is 29.8 Å². The molecule has 0 amide bonds. The van der Waals surface area contributed by atoms with Crippen LogP contribution in [0.4, 0.5) is 0 Å². The molecule has 0 unspecified atom stereocenters. The van der Waals surface area contributed by atoms with E-state index < -0.39 is 0 Å². The van der Waals surface area contributed by atoms with Gasteiger partial charge in [0.2, 0.25) is 0 Å². The van der Waals surface area contributed by atoms with Crippen LogP contribution in [0, 0.1) is 0 Å². The SMILES string of the molecule is CCOC(=O)/C=C/c1cccc2c(COC)cn(Cc3ccc(Cl)cc3Cl)c12. The van der Waals surface area contributed by atoms with E-state index in [-0.39, 0.29) is 5.97 Å². The summed E-state index contributed by atoms with van der Waals surface area (Å²) in [6.07, 6.45) is 5.28. The minimum absolute atomic E-state index is 0.344. The molecule has 0 spiro atoms. The van der Waals surface area contributed by atoms with Crippen LogP contribution in [0.5, 0.6) is 0 Å². The van der Waals surface area contributed by atoms with Crippen molar-refractivity contribution in [1.29, 1.82) is 0 Å². The Morgan fingerprint density at radius 2 is 2.00 bits per heavy atom. The molecule has 0 fully saturated rings. The Hall–Kier alpha value is -2.27. The molecule has 1 aromatic heterocycles. The smallest absolute Gasteiger partial charge is 0.330 e. The molecular formula is C22H21Cl2NO3. The summed E-state index contributed by atoms with van der Waals surface area (Å²) in [6, 6.07) is 11.5. The van der Waals surface area contributed by atoms with Gasteiger partial charge in [-0.25, -0.2) is 4.79 Å². The van der Waals surface area contributed by atoms with Crippen molar-refractivity contribution < 1.29 is 14.3 Å². The summed E-state index contributed by atoms with van der Waals surface area (Å²) >= 11 is 12.4. The van der Waals surface area contributed by atoms with Crippen LogP contribution < -0.4 is 0 Å². The lowest BCUT2D eigenvalue weighted by molar-refractivity contribution is -0.137. The zero-order chi connectivity index (χ0) is 20.1. The first-order valence-corrected chi connectivity index (χ1v) is 9.67. The summed E-state index contributed by atoms with van der Waals surface area (Å²) in [6.45, 7) is 3.19. The first-order valence-electron chi connectivity index (χ1n) is 8.92. The van der Waals surface area contributed by atoms with Crippen LogP contribution in [0.3, 0.4) is 0 Å². The number of hydrogen-bond donors (Lipinski definition) is 0. The highest BCUT2D eigenvalue weighted by atomic mass is 35.5. The Balaban J connectivity index is 2.08. The fraction of sp³-hybridized carbons (Fsp3) is 0.227. The number of rotatable bonds is 7. The highest BCUT2D eigenvalue weighted by Gasteiger charge is 2.13. The maximum Gasteiger partial charge on any atom is 0.330 e. The van der Waals surface area contributed by atoms with Gasteiger partial charge in [-0.15, -0.1) is 0 Å². The standard InChI is InChI=1S/C22H21Cl2NO3/c1-3-28-21(26)10-8-15-5-4-6-19-17(14-27-2)13-25(22(15)19)12-16-7-9-18(23)11-20(16)24/h4-11,13H,3,12,14H2,1-2H3/b10-8+. The van der Waals surface area contributed by atoms with Crippen LogP contribution in [-0.4, -0.2) is 24.3 Å². The molecule has 1 heterocycles. The summed E-state index contributed by atoms with van der Waals surface area (Å²) in [5.74, 6) is -0.365. The van der Waals surface area contributed by atoms with Gasteiger partial charge in [0.15, 0.2) is 0 Å². The van der Waals surface area contributed by atoms with Gasteiger partial charge in [0, 0.05) is 46.9 Å². The molecule has 0 saturated heterocycles. The number of hydrogen-bond acceptors (Lipinski definition) is 3. The molecule has 3 rings (SSSR count). The van der Waals surface area contributed by atoms with Gasteiger partial charge in [0.1, 0.15) is 0 Å². The number of halogens is 2. The van der Waals surface area contributed by atoms with E-state index in [4.69, 9.17) is 32.7 Å². The van der Waals surface area contributed by atoms with E-state index in [9.17, 15) is 4.79 Å². The number of nitrogens with zero attached hydrogens (tertiary/aromatic N) is 1. The number of fused-ring (bicyclic) bond motifs is 1. The third kappa shape index (κ3) is 4.58. The van der Waals surface area contributed by atoms with Gasteiger partial charge < -0.3 is 14.0 Å². The third-order valence-corrected chi connectivity index (χ3v) is 4.94. The van der Waals surface area contributed by atoms with E-state index in [1.165, 1.54) is 6.08 Å². The fourth-order valence-corrected chi connectivity index (χ4v) is 3.64. The van der Waals surface area contributed by atoms with Crippen LogP contribution in [0.1, 0.15) is 23.6 Å². The molecule has 146 valence electrons. The maximum atomic E-state index is 11.7. The van der Waals surface area contributed by atoms with E-state index in [1.807, 2.05) is 30.3 Å². The number of ether oxygens (including phenoxy) is 2. The van der Waals surface area contributed by atoms with Crippen LogP contribution >= 0.6 is 23.2 Å². The summed E-state index contributed by atoms with van der Waals surface area (Å²) in [4.78, 5) is 11.7. The number of aromatic nitrogens is 1. The van der Waals surface area contributed by atoms with Gasteiger partial charge >= 0.3 is 5.97 Å². The molecule has 6 heteroatoms. The first kappa shape index (κ1) is 20.5. The second-order valence-corrected chi connectivity index (χ2v) is 7.12. The van der Waals surface area contributed by atoms with E-state index in [2.05, 4.69) is 10.8 Å². The first-order chi connectivity index (χ1) is 13.5. The van der Waals surface area contributed by atoms with E-state index >= 15 is 0 Å². The Labute approximate surface area is 174 Å². The average molecular weight is 418 g/mol. The Morgan fingerprint density at radius 1 is 1.18 bits per heavy atom. The van der Waals surface area contributed by atoms with E-state index in [1.54, 1.807) is 26.2 Å². The maximum absolute atomic E-state index is 11.7. The van der Waals surface area contributed by atoms with Crippen molar-refractivity contribution in [2.45, 2.75) is 20.1 Å². The molecular weight excluding hydrogens is 397 g/mol. The van der Waals surface area contributed by atoms with Crippen LogP contribution in [-0.2, 0) is 27.4 Å². The molecule has 2 aromatic carbocycles. The zero-order valence-corrected chi connectivity index (χ0v) is 17.3. The number of para-hydroxylation sites is 1. The minimum atomic E-state index is -0.365. The normalized spacial score (nSPS) is 11.4. The lowest BCUT2D eigenvalue weighted by Gasteiger charge is -2.10. The largest absolute Gasteiger partial charge is 0.463 e. The van der Waals surface area contributed by atoms with E-state index in [0.717, 1.165) is 27.6 Å². The van der Waals surface area contributed by atoms with Crippen molar-refractivity contribution in [3.63, 3.8) is 0 Å². The van der Waals surface area contributed by atoms with Gasteiger partial charge in [-0.2, -0.15) is 0 Å². The van der Waals surface area contributed by atoms with Gasteiger partial charge in [-0.3, -0.25) is 0 Å². The second-order valence-electron chi connectivity index (χ2n) is 6.28. The zero-order valence-electron chi connectivity index (χ0n) is 15.7. The molecule has 0 aliphatic heterocycles. The summed E-state index contributed by atoms with van der Waals surface area (Å²) in [5, 5.41) is 2.28. The third-order valence-electron chi connectivity index (χ3n) is 4.35. The highest BCUT2D eigenvalue weighted by molar-refractivity contribution is 6.35.